The van der Waals surface area contributed by atoms with E-state index < -0.39 is 37.2 Å². The SMILES string of the molecule is CN.COc1cc2cc(C(F)(F)CCC(=O)O)sc2cc1OC.COc1cc2cc(C(F)(F)CNO)sc2cc1OC.Cl.S=S.S=S=S=S=S. The molecule has 2 heterocycles. The van der Waals surface area contributed by atoms with Gasteiger partial charge in [-0.05, 0) is 42.1 Å². The van der Waals surface area contributed by atoms with E-state index in [0.717, 1.165) is 22.7 Å². The van der Waals surface area contributed by atoms with Crippen molar-refractivity contribution in [1.82, 2.24) is 5.48 Å². The van der Waals surface area contributed by atoms with Gasteiger partial charge in [-0.25, -0.2) is 8.78 Å². The molecule has 2 aromatic carbocycles. The van der Waals surface area contributed by atoms with Gasteiger partial charge in [-0.15, -0.1) is 35.1 Å². The molecule has 2 aromatic heterocycles. The molecule has 0 aliphatic rings. The number of aliphatic carboxylic acids is 1. The lowest BCUT2D eigenvalue weighted by molar-refractivity contribution is -0.139. The van der Waals surface area contributed by atoms with E-state index in [9.17, 15) is 22.4 Å². The van der Waals surface area contributed by atoms with Crippen molar-refractivity contribution in [2.24, 2.45) is 5.73 Å². The van der Waals surface area contributed by atoms with Gasteiger partial charge in [0, 0.05) is 99.3 Å². The van der Waals surface area contributed by atoms with Crippen LogP contribution in [0.1, 0.15) is 22.6 Å². The average molecular weight is 898 g/mol. The van der Waals surface area contributed by atoms with Gasteiger partial charge in [0.05, 0.1) is 51.2 Å². The van der Waals surface area contributed by atoms with Gasteiger partial charge < -0.3 is 35.0 Å². The minimum absolute atomic E-state index is 0. The molecule has 9 nitrogen and oxygen atoms in total. The van der Waals surface area contributed by atoms with Gasteiger partial charge in [-0.2, -0.15) is 14.3 Å². The van der Waals surface area contributed by atoms with Crippen LogP contribution in [0.5, 0.6) is 23.0 Å². The molecule has 5 N–H and O–H groups in total. The Kier molecular flexibility index (Phi) is 26.6. The Morgan fingerprint density at radius 1 is 0.780 bits per heavy atom. The number of alkyl halides is 4. The first-order chi connectivity index (χ1) is 23.3. The topological polar surface area (TPSA) is 132 Å². The highest BCUT2D eigenvalue weighted by Gasteiger charge is 2.35. The van der Waals surface area contributed by atoms with Crippen LogP contribution in [-0.2, 0) is 88.0 Å². The van der Waals surface area contributed by atoms with Crippen LogP contribution < -0.4 is 30.2 Å². The highest BCUT2D eigenvalue weighted by molar-refractivity contribution is 8.59. The Hall–Kier alpha value is -1.54. The van der Waals surface area contributed by atoms with E-state index in [1.165, 1.54) is 79.7 Å². The maximum Gasteiger partial charge on any atom is 0.303 e. The van der Waals surface area contributed by atoms with E-state index in [4.69, 9.17) is 29.3 Å². The fraction of sp³-hybridized carbons (Fsp3) is 0.370. The second-order valence-electron chi connectivity index (χ2n) is 8.55. The van der Waals surface area contributed by atoms with E-state index in [2.05, 4.69) is 50.5 Å². The third-order valence-corrected chi connectivity index (χ3v) is 12.6. The van der Waals surface area contributed by atoms with E-state index >= 15 is 0 Å². The molecular weight excluding hydrogens is 864 g/mol. The smallest absolute Gasteiger partial charge is 0.303 e. The molecule has 0 atom stereocenters. The van der Waals surface area contributed by atoms with Crippen LogP contribution in [0.3, 0.4) is 0 Å². The van der Waals surface area contributed by atoms with Crippen LogP contribution in [0, 0.1) is 0 Å². The molecule has 0 unspecified atom stereocenters. The van der Waals surface area contributed by atoms with Crippen molar-refractivity contribution in [2.45, 2.75) is 24.7 Å². The molecule has 0 fully saturated rings. The Bertz CT molecular complexity index is 1670. The monoisotopic (exact) mass is 896 g/mol. The standard InChI is InChI=1S/C14H14F2O4S.C12H13F2NO3S.CH5N.ClH.S5.S2/c1-19-9-5-8-6-12(14(15,16)4-3-13(17)18)21-11(8)7-10(9)20-2;1-17-8-3-7-4-11(12(13,14)6-15-16)19-10(7)5-9(8)18-2;1-2;;1-3-5-4-2;1-2/h5-7H,3-4H2,1-2H3,(H,17,18);3-5,15-16H,6H2,1-2H3;2H2,1H3;1H;;. The lowest BCUT2D eigenvalue weighted by Crippen LogP contribution is -2.27. The number of halogens is 5. The number of nitrogens with one attached hydrogen (secondary N) is 1. The number of benzene rings is 2. The Balaban J connectivity index is 0. The zero-order chi connectivity index (χ0) is 37.8. The summed E-state index contributed by atoms with van der Waals surface area (Å²) in [6, 6.07) is 9.32. The molecular formula is C27H33ClF4N2O7S9. The van der Waals surface area contributed by atoms with Gasteiger partial charge >= 0.3 is 5.97 Å². The molecule has 0 bridgehead atoms. The fourth-order valence-electron chi connectivity index (χ4n) is 3.68. The van der Waals surface area contributed by atoms with E-state index in [0.29, 0.717) is 43.2 Å². The maximum atomic E-state index is 14.0. The average Bonchev–Trinajstić information content (AvgIpc) is 3.73. The largest absolute Gasteiger partial charge is 0.493 e. The number of hydrogen-bond acceptors (Lipinski definition) is 14. The van der Waals surface area contributed by atoms with Crippen LogP contribution in [0.15, 0.2) is 36.4 Å². The molecule has 0 radical (unpaired) electrons. The summed E-state index contributed by atoms with van der Waals surface area (Å²) in [5.74, 6) is -5.62. The lowest BCUT2D eigenvalue weighted by atomic mass is 10.1. The molecule has 50 heavy (non-hydrogen) atoms. The normalized spacial score (nSPS) is 10.1. The number of methoxy groups -OCH3 is 4. The predicted octanol–water partition coefficient (Wildman–Crippen LogP) is 6.84. The first-order valence-electron chi connectivity index (χ1n) is 13.0. The fourth-order valence-corrected chi connectivity index (χ4v) is 8.54. The second-order valence-corrected chi connectivity index (χ2v) is 16.0. The van der Waals surface area contributed by atoms with Gasteiger partial charge in [-0.1, -0.05) is 0 Å². The summed E-state index contributed by atoms with van der Waals surface area (Å²) in [6.07, 6.45) is -1.29. The number of ether oxygens (including phenoxy) is 4. The highest BCUT2D eigenvalue weighted by atomic mass is 35.5. The first kappa shape index (κ1) is 50.6. The Labute approximate surface area is 328 Å². The highest BCUT2D eigenvalue weighted by Crippen LogP contribution is 2.43. The van der Waals surface area contributed by atoms with Gasteiger partial charge in [0.15, 0.2) is 23.0 Å². The van der Waals surface area contributed by atoms with E-state index in [1.54, 1.807) is 24.3 Å². The minimum Gasteiger partial charge on any atom is -0.493 e. The van der Waals surface area contributed by atoms with Crippen molar-refractivity contribution < 1.29 is 51.6 Å². The number of carbonyl (C=O) groups is 1. The molecule has 0 saturated carbocycles. The number of carboxylic acid groups (broad SMARTS) is 1. The van der Waals surface area contributed by atoms with Crippen molar-refractivity contribution in [2.75, 3.05) is 42.0 Å². The number of hydroxylamine groups is 1. The first-order valence-corrected chi connectivity index (χ1v) is 21.3. The number of hydrogen-bond donors (Lipinski definition) is 4. The molecule has 0 aliphatic carbocycles. The zero-order valence-corrected chi connectivity index (χ0v) is 34.9. The molecule has 23 heteroatoms. The third-order valence-electron chi connectivity index (χ3n) is 5.78. The van der Waals surface area contributed by atoms with Crippen LogP contribution in [-0.4, -0.2) is 58.3 Å². The van der Waals surface area contributed by atoms with Crippen LogP contribution in [0.2, 0.25) is 0 Å². The van der Waals surface area contributed by atoms with Crippen LogP contribution >= 0.6 is 35.1 Å². The summed E-state index contributed by atoms with van der Waals surface area (Å²) in [4.78, 5) is 10.2. The maximum absolute atomic E-state index is 14.0. The number of nitrogens with two attached hydrogens (primary N) is 1. The van der Waals surface area contributed by atoms with Crippen molar-refractivity contribution >= 4 is 133 Å². The number of thiophene rings is 2. The Morgan fingerprint density at radius 3 is 1.44 bits per heavy atom. The number of carboxylic acids is 1. The second kappa shape index (κ2) is 26.3. The predicted molar refractivity (Wildman–Crippen MR) is 213 cm³/mol. The molecule has 0 saturated heterocycles. The molecule has 282 valence electrons. The summed E-state index contributed by atoms with van der Waals surface area (Å²) in [6.45, 7) is -0.825. The molecule has 4 aromatic rings. The number of rotatable bonds is 11. The quantitative estimate of drug-likeness (QED) is 0.0927. The van der Waals surface area contributed by atoms with E-state index in [1.807, 2.05) is 0 Å². The summed E-state index contributed by atoms with van der Waals surface area (Å²) in [7, 11) is 11.4. The van der Waals surface area contributed by atoms with Crippen molar-refractivity contribution in [3.8, 4) is 23.0 Å². The molecule has 0 amide bonds. The van der Waals surface area contributed by atoms with Gasteiger partial charge in [0.25, 0.3) is 11.8 Å². The summed E-state index contributed by atoms with van der Waals surface area (Å²) in [5, 5.41) is 18.2. The number of fused-ring (bicyclic) bond motifs is 2. The van der Waals surface area contributed by atoms with Gasteiger partial charge in [0.1, 0.15) is 0 Å². The van der Waals surface area contributed by atoms with Crippen molar-refractivity contribution in [3.63, 3.8) is 0 Å². The third kappa shape index (κ3) is 15.6. The van der Waals surface area contributed by atoms with Crippen LogP contribution in [0.25, 0.3) is 20.2 Å². The van der Waals surface area contributed by atoms with E-state index in [-0.39, 0.29) is 22.2 Å². The molecule has 0 aliphatic heterocycles. The Morgan fingerprint density at radius 2 is 1.14 bits per heavy atom. The summed E-state index contributed by atoms with van der Waals surface area (Å²) in [5.41, 5.74) is 6.00. The lowest BCUT2D eigenvalue weighted by Gasteiger charge is -2.12. The summed E-state index contributed by atoms with van der Waals surface area (Å²) >= 11 is 18.1. The van der Waals surface area contributed by atoms with Crippen molar-refractivity contribution in [3.05, 3.63) is 46.2 Å². The molecule has 0 spiro atoms. The van der Waals surface area contributed by atoms with Crippen LogP contribution in [0.4, 0.5) is 17.6 Å². The van der Waals surface area contributed by atoms with Gasteiger partial charge in [-0.3, -0.25) is 4.79 Å². The zero-order valence-electron chi connectivity index (χ0n) is 26.7. The minimum atomic E-state index is -3.16. The van der Waals surface area contributed by atoms with Crippen molar-refractivity contribution in [1.29, 1.82) is 0 Å². The summed E-state index contributed by atoms with van der Waals surface area (Å²) < 4.78 is 77.2. The molecule has 4 rings (SSSR count). The van der Waals surface area contributed by atoms with Gasteiger partial charge in [0.2, 0.25) is 0 Å².